The van der Waals surface area contributed by atoms with E-state index in [1.165, 1.54) is 156 Å². The second-order valence-corrected chi connectivity index (χ2v) is 19.7. The van der Waals surface area contributed by atoms with E-state index in [-0.39, 0.29) is 51.6 Å². The third-order valence-electron chi connectivity index (χ3n) is 12.8. The Morgan fingerprint density at radius 1 is 0.639 bits per heavy atom. The number of hydrogen-bond donors (Lipinski definition) is 2. The van der Waals surface area contributed by atoms with Crippen molar-refractivity contribution in [1.82, 2.24) is 15.5 Å². The molecule has 72 heavy (non-hydrogen) atoms. The monoisotopic (exact) mass is 1030 g/mol. The second-order valence-electron chi connectivity index (χ2n) is 19.7. The van der Waals surface area contributed by atoms with Crippen LogP contribution in [0.5, 0.6) is 0 Å². The summed E-state index contributed by atoms with van der Waals surface area (Å²) in [4.78, 5) is 62.7. The van der Waals surface area contributed by atoms with Crippen LogP contribution in [0.25, 0.3) is 0 Å². The summed E-state index contributed by atoms with van der Waals surface area (Å²) in [6.45, 7) is 11.7. The third-order valence-corrected chi connectivity index (χ3v) is 12.8. The van der Waals surface area contributed by atoms with Crippen LogP contribution in [-0.4, -0.2) is 150 Å². The van der Waals surface area contributed by atoms with E-state index >= 15 is 0 Å². The van der Waals surface area contributed by atoms with Gasteiger partial charge in [0.25, 0.3) is 0 Å². The van der Waals surface area contributed by atoms with Gasteiger partial charge in [-0.05, 0) is 39.2 Å². The molecule has 0 radical (unpaired) electrons. The second kappa shape index (κ2) is 41.1. The number of carbonyl (C=O) groups excluding carboxylic acids is 5. The first-order valence-electron chi connectivity index (χ1n) is 27.9. The van der Waals surface area contributed by atoms with Gasteiger partial charge in [-0.1, -0.05) is 135 Å². The van der Waals surface area contributed by atoms with E-state index in [9.17, 15) is 24.0 Å². The zero-order chi connectivity index (χ0) is 52.7. The number of likely N-dealkylation sites (N-methyl/N-ethyl adjacent to an activating group) is 1. The minimum absolute atomic E-state index is 0.00592. The molecule has 0 bridgehead atoms. The molecule has 2 rings (SSSR count). The molecule has 2 amide bonds. The minimum atomic E-state index is -1.21. The van der Waals surface area contributed by atoms with Crippen molar-refractivity contribution in [3.05, 3.63) is 12.2 Å². The van der Waals surface area contributed by atoms with Gasteiger partial charge in [0.05, 0.1) is 52.3 Å². The maximum absolute atomic E-state index is 12.9. The molecular weight excluding hydrogens is 927 g/mol. The van der Waals surface area contributed by atoms with Crippen molar-refractivity contribution in [3.8, 4) is 0 Å². The highest BCUT2D eigenvalue weighted by molar-refractivity contribution is 5.78. The van der Waals surface area contributed by atoms with E-state index in [0.717, 1.165) is 25.7 Å². The molecule has 0 aromatic carbocycles. The van der Waals surface area contributed by atoms with Gasteiger partial charge in [0.15, 0.2) is 24.3 Å². The fourth-order valence-electron chi connectivity index (χ4n) is 9.20. The maximum atomic E-state index is 12.9. The van der Waals surface area contributed by atoms with E-state index in [2.05, 4.69) is 36.6 Å². The molecule has 17 nitrogen and oxygen atoms in total. The molecule has 2 fully saturated rings. The van der Waals surface area contributed by atoms with Gasteiger partial charge in [0.2, 0.25) is 11.8 Å². The molecule has 17 heteroatoms. The lowest BCUT2D eigenvalue weighted by Crippen LogP contribution is -2.66. The number of allylic oxidation sites excluding steroid dienone is 2. The van der Waals surface area contributed by atoms with Gasteiger partial charge in [-0.15, -0.1) is 0 Å². The van der Waals surface area contributed by atoms with Crippen LogP contribution >= 0.6 is 0 Å². The molecule has 418 valence electrons. The average molecular weight is 1030 g/mol. The van der Waals surface area contributed by atoms with E-state index in [0.29, 0.717) is 26.3 Å². The molecule has 2 N–H and O–H groups in total. The number of nitrogens with one attached hydrogen (secondary N) is 2. The molecule has 0 saturated carbocycles. The first kappa shape index (κ1) is 64.9. The number of esters is 3. The Morgan fingerprint density at radius 3 is 1.74 bits per heavy atom. The predicted molar refractivity (Wildman–Crippen MR) is 277 cm³/mol. The van der Waals surface area contributed by atoms with Crippen molar-refractivity contribution in [2.75, 3.05) is 72.9 Å². The fraction of sp³-hybridized carbons (Fsp3) is 0.873. The van der Waals surface area contributed by atoms with E-state index in [1.54, 1.807) is 0 Å². The average Bonchev–Trinajstić information content (AvgIpc) is 3.72. The number of nitrogens with zero attached hydrogens (tertiary/aromatic N) is 1. The van der Waals surface area contributed by atoms with Gasteiger partial charge in [-0.3, -0.25) is 28.9 Å². The number of rotatable bonds is 44. The van der Waals surface area contributed by atoms with E-state index in [4.69, 9.17) is 42.6 Å². The minimum Gasteiger partial charge on any atom is -0.463 e. The largest absolute Gasteiger partial charge is 0.463 e. The topological polar surface area (TPSA) is 196 Å². The van der Waals surface area contributed by atoms with Crippen molar-refractivity contribution in [3.63, 3.8) is 0 Å². The molecule has 2 aliphatic rings. The molecule has 2 aliphatic heterocycles. The highest BCUT2D eigenvalue weighted by Crippen LogP contribution is 2.35. The van der Waals surface area contributed by atoms with Crippen molar-refractivity contribution < 1.29 is 66.6 Å². The Hall–Kier alpha value is -3.19. The van der Waals surface area contributed by atoms with Gasteiger partial charge in [-0.2, -0.15) is 0 Å². The molecule has 2 saturated heterocycles. The summed E-state index contributed by atoms with van der Waals surface area (Å²) >= 11 is 0. The van der Waals surface area contributed by atoms with E-state index < -0.39 is 60.2 Å². The lowest BCUT2D eigenvalue weighted by atomic mass is 9.96. The Labute approximate surface area is 433 Å². The normalized spacial score (nSPS) is 22.1. The van der Waals surface area contributed by atoms with Crippen LogP contribution < -0.4 is 10.6 Å². The van der Waals surface area contributed by atoms with Gasteiger partial charge in [-0.25, -0.2) is 0 Å². The smallest absolute Gasteiger partial charge is 0.303 e. The van der Waals surface area contributed by atoms with Crippen LogP contribution in [0.1, 0.15) is 196 Å². The lowest BCUT2D eigenvalue weighted by molar-refractivity contribution is -0.279. The van der Waals surface area contributed by atoms with Crippen LogP contribution in [0.4, 0.5) is 0 Å². The van der Waals surface area contributed by atoms with Crippen molar-refractivity contribution >= 4 is 29.7 Å². The van der Waals surface area contributed by atoms with Crippen molar-refractivity contribution in [2.24, 2.45) is 0 Å². The molecule has 0 aliphatic carbocycles. The van der Waals surface area contributed by atoms with Gasteiger partial charge in [0, 0.05) is 53.6 Å². The lowest BCUT2D eigenvalue weighted by Gasteiger charge is -2.44. The summed E-state index contributed by atoms with van der Waals surface area (Å²) in [5, 5.41) is 5.59. The molecule has 0 spiro atoms. The molecule has 0 aromatic heterocycles. The number of carbonyl (C=O) groups is 5. The Morgan fingerprint density at radius 2 is 1.17 bits per heavy atom. The van der Waals surface area contributed by atoms with Crippen molar-refractivity contribution in [1.29, 1.82) is 0 Å². The summed E-state index contributed by atoms with van der Waals surface area (Å²) in [5.74, 6) is -3.10. The number of hydrogen-bond acceptors (Lipinski definition) is 15. The highest BCUT2D eigenvalue weighted by atomic mass is 16.7. The van der Waals surface area contributed by atoms with Crippen LogP contribution in [-0.2, 0) is 66.6 Å². The summed E-state index contributed by atoms with van der Waals surface area (Å²) < 4.78 is 52.5. The van der Waals surface area contributed by atoms with Crippen LogP contribution in [0.2, 0.25) is 0 Å². The number of unbranched alkanes of at least 4 members (excludes halogenated alkanes) is 19. The van der Waals surface area contributed by atoms with Crippen molar-refractivity contribution in [2.45, 2.75) is 238 Å². The van der Waals surface area contributed by atoms with Gasteiger partial charge in [0.1, 0.15) is 18.8 Å². The molecule has 3 unspecified atom stereocenters. The molecule has 7 atom stereocenters. The zero-order valence-electron chi connectivity index (χ0n) is 45.8. The Balaban J connectivity index is 1.72. The van der Waals surface area contributed by atoms with Crippen LogP contribution in [0.15, 0.2) is 12.2 Å². The quantitative estimate of drug-likeness (QED) is 0.0254. The summed E-state index contributed by atoms with van der Waals surface area (Å²) in [6.07, 6.45) is 29.9. The zero-order valence-corrected chi connectivity index (χ0v) is 45.8. The third kappa shape index (κ3) is 31.5. The maximum Gasteiger partial charge on any atom is 0.303 e. The highest BCUT2D eigenvalue weighted by Gasteiger charge is 2.51. The summed E-state index contributed by atoms with van der Waals surface area (Å²) in [6, 6.07) is -1.07. The summed E-state index contributed by atoms with van der Waals surface area (Å²) in [5.41, 5.74) is 0. The van der Waals surface area contributed by atoms with Gasteiger partial charge >= 0.3 is 17.9 Å². The van der Waals surface area contributed by atoms with Crippen LogP contribution in [0, 0.1) is 0 Å². The fourth-order valence-corrected chi connectivity index (χ4v) is 9.20. The van der Waals surface area contributed by atoms with Gasteiger partial charge < -0.3 is 53.3 Å². The molecular formula is C55H99N3O14. The Kier molecular flexibility index (Phi) is 37.1. The SMILES string of the molecule is CCCC/C=C\CCCCCCCCC1(CCCCCCCCCCCCCC)OC[C@H](CN(C)CC(=O)NCCOCCOCCO[C@@H]2O[C@H](COC(C)=O)[C@H](OC(C)=O)C(OC(C)=O)C2NC(C)=O)O1. The standard InChI is InChI=1S/C55H99N3O14/c1-8-10-12-14-16-18-20-22-24-26-28-30-32-55(33-31-29-27-25-23-21-19-17-15-13-11-9-2)68-42-48(72-55)40-58(7)41-50(63)56-34-35-64-36-37-65-38-39-66-54-51(57-44(3)59)53(70-47(6)62)52(69-46(5)61)49(71-54)43-67-45(4)60/h14,16,48-49,51-54H,8-13,15,17-43H2,1-7H3,(H,56,63)(H,57,59)/b16-14-/t48-,49+,51?,52-,53?,54+,55?/m0/s1. The molecule has 0 aromatic rings. The first-order valence-corrected chi connectivity index (χ1v) is 27.9. The first-order chi connectivity index (χ1) is 34.8. The number of amides is 2. The van der Waals surface area contributed by atoms with Crippen LogP contribution in [0.3, 0.4) is 0 Å². The number of ether oxygens (including phenoxy) is 9. The molecule has 2 heterocycles. The Bertz CT molecular complexity index is 1490. The predicted octanol–water partition coefficient (Wildman–Crippen LogP) is 8.81. The summed E-state index contributed by atoms with van der Waals surface area (Å²) in [7, 11) is 1.94. The van der Waals surface area contributed by atoms with E-state index in [1.807, 2.05) is 11.9 Å².